The predicted molar refractivity (Wildman–Crippen MR) is 84.0 cm³/mol. The molecule has 0 saturated carbocycles. The minimum Gasteiger partial charge on any atom is -0.306 e. The van der Waals surface area contributed by atoms with E-state index in [-0.39, 0.29) is 27.6 Å². The standard InChI is InChI=1S/C14H9F6N3O2S2/c1-2-27(24,25)11-10(26-12(22-11)14(18,19)20)8-6-23-4-3-7(13(15,16)17)5-9(23)21-8/h3-6H,2H2,1H3. The Bertz CT molecular complexity index is 1110. The predicted octanol–water partition coefficient (Wildman–Crippen LogP) is 4.29. The highest BCUT2D eigenvalue weighted by molar-refractivity contribution is 7.91. The van der Waals surface area contributed by atoms with E-state index >= 15 is 0 Å². The summed E-state index contributed by atoms with van der Waals surface area (Å²) in [6.07, 6.45) is -7.31. The van der Waals surface area contributed by atoms with Crippen LogP contribution in [0.1, 0.15) is 17.5 Å². The van der Waals surface area contributed by atoms with Crippen molar-refractivity contribution in [1.82, 2.24) is 14.4 Å². The van der Waals surface area contributed by atoms with Crippen molar-refractivity contribution >= 4 is 26.8 Å². The van der Waals surface area contributed by atoms with E-state index in [0.717, 1.165) is 22.9 Å². The first-order valence-electron chi connectivity index (χ1n) is 7.20. The van der Waals surface area contributed by atoms with Gasteiger partial charge in [0.25, 0.3) is 0 Å². The first-order valence-corrected chi connectivity index (χ1v) is 9.67. The number of imidazole rings is 1. The molecular formula is C14H9F6N3O2S2. The maximum Gasteiger partial charge on any atom is 0.443 e. The van der Waals surface area contributed by atoms with Gasteiger partial charge < -0.3 is 4.40 Å². The van der Waals surface area contributed by atoms with Gasteiger partial charge in [-0.3, -0.25) is 0 Å². The number of nitrogens with zero attached hydrogens (tertiary/aromatic N) is 3. The molecule has 0 aliphatic heterocycles. The second-order valence-corrected chi connectivity index (χ2v) is 8.55. The Morgan fingerprint density at radius 3 is 2.33 bits per heavy atom. The molecule has 0 saturated heterocycles. The van der Waals surface area contributed by atoms with Crippen LogP contribution in [0.5, 0.6) is 0 Å². The Morgan fingerprint density at radius 2 is 1.78 bits per heavy atom. The van der Waals surface area contributed by atoms with Crippen molar-refractivity contribution in [1.29, 1.82) is 0 Å². The van der Waals surface area contributed by atoms with Crippen LogP contribution in [0.25, 0.3) is 16.2 Å². The summed E-state index contributed by atoms with van der Waals surface area (Å²) in [6, 6.07) is 1.49. The Morgan fingerprint density at radius 1 is 1.11 bits per heavy atom. The number of aromatic nitrogens is 3. The second kappa shape index (κ2) is 6.19. The van der Waals surface area contributed by atoms with Gasteiger partial charge in [0.15, 0.2) is 19.9 Å². The molecule has 0 radical (unpaired) electrons. The first kappa shape index (κ1) is 19.6. The molecule has 0 fully saturated rings. The Labute approximate surface area is 152 Å². The Hall–Kier alpha value is -2.15. The van der Waals surface area contributed by atoms with Gasteiger partial charge >= 0.3 is 12.4 Å². The number of halogens is 6. The number of alkyl halides is 6. The van der Waals surface area contributed by atoms with E-state index in [2.05, 4.69) is 9.97 Å². The van der Waals surface area contributed by atoms with Gasteiger partial charge in [0.2, 0.25) is 0 Å². The van der Waals surface area contributed by atoms with E-state index in [1.54, 1.807) is 0 Å². The number of thiazole rings is 1. The summed E-state index contributed by atoms with van der Waals surface area (Å²) < 4.78 is 103. The smallest absolute Gasteiger partial charge is 0.306 e. The molecule has 0 unspecified atom stereocenters. The molecule has 0 N–H and O–H groups in total. The molecular weight excluding hydrogens is 420 g/mol. The lowest BCUT2D eigenvalue weighted by atomic mass is 10.2. The fraction of sp³-hybridized carbons (Fsp3) is 0.286. The average molecular weight is 429 g/mol. The third kappa shape index (κ3) is 3.65. The molecule has 5 nitrogen and oxygen atoms in total. The van der Waals surface area contributed by atoms with Crippen molar-refractivity contribution in [2.24, 2.45) is 0 Å². The minimum absolute atomic E-state index is 0.0734. The van der Waals surface area contributed by atoms with Gasteiger partial charge in [-0.15, -0.1) is 11.3 Å². The third-order valence-corrected chi connectivity index (χ3v) is 6.43. The highest BCUT2D eigenvalue weighted by atomic mass is 32.2. The summed E-state index contributed by atoms with van der Waals surface area (Å²) in [4.78, 5) is 6.69. The monoisotopic (exact) mass is 429 g/mol. The molecule has 3 rings (SSSR count). The molecule has 146 valence electrons. The normalized spacial score (nSPS) is 13.4. The Kier molecular flexibility index (Phi) is 4.50. The molecule has 0 aliphatic rings. The van der Waals surface area contributed by atoms with Crippen LogP contribution in [0, 0.1) is 0 Å². The van der Waals surface area contributed by atoms with Gasteiger partial charge in [0.05, 0.1) is 16.2 Å². The number of hydrogen-bond donors (Lipinski definition) is 0. The summed E-state index contributed by atoms with van der Waals surface area (Å²) in [7, 11) is -4.12. The summed E-state index contributed by atoms with van der Waals surface area (Å²) in [6.45, 7) is 1.24. The molecule has 0 atom stereocenters. The molecule has 0 aliphatic carbocycles. The van der Waals surface area contributed by atoms with Gasteiger partial charge in [-0.2, -0.15) is 26.3 Å². The fourth-order valence-corrected chi connectivity index (χ4v) is 4.44. The van der Waals surface area contributed by atoms with Gasteiger partial charge in [-0.25, -0.2) is 18.4 Å². The lowest BCUT2D eigenvalue weighted by Crippen LogP contribution is -2.08. The summed E-state index contributed by atoms with van der Waals surface area (Å²) >= 11 is 0.0734. The van der Waals surface area contributed by atoms with E-state index in [4.69, 9.17) is 0 Å². The Balaban J connectivity index is 2.22. The number of pyridine rings is 1. The summed E-state index contributed by atoms with van der Waals surface area (Å²) in [5.74, 6) is -0.493. The van der Waals surface area contributed by atoms with Crippen molar-refractivity contribution < 1.29 is 34.8 Å². The SMILES string of the molecule is CCS(=O)(=O)c1nc(C(F)(F)F)sc1-c1cn2ccc(C(F)(F)F)cc2n1. The fourth-order valence-electron chi connectivity index (χ4n) is 2.20. The van der Waals surface area contributed by atoms with Crippen LogP contribution in [0.3, 0.4) is 0 Å². The van der Waals surface area contributed by atoms with Crippen LogP contribution in [0.2, 0.25) is 0 Å². The van der Waals surface area contributed by atoms with Gasteiger partial charge in [0.1, 0.15) is 11.3 Å². The zero-order valence-corrected chi connectivity index (χ0v) is 14.9. The van der Waals surface area contributed by atoms with Gasteiger partial charge in [-0.05, 0) is 12.1 Å². The van der Waals surface area contributed by atoms with Crippen molar-refractivity contribution in [3.63, 3.8) is 0 Å². The molecule has 27 heavy (non-hydrogen) atoms. The van der Waals surface area contributed by atoms with Crippen LogP contribution >= 0.6 is 11.3 Å². The van der Waals surface area contributed by atoms with Crippen LogP contribution in [0.15, 0.2) is 29.6 Å². The van der Waals surface area contributed by atoms with E-state index < -0.39 is 43.5 Å². The molecule has 3 aromatic heterocycles. The molecule has 0 bridgehead atoms. The lowest BCUT2D eigenvalue weighted by Gasteiger charge is -2.05. The zero-order chi connectivity index (χ0) is 20.2. The number of fused-ring (bicyclic) bond motifs is 1. The highest BCUT2D eigenvalue weighted by Crippen LogP contribution is 2.40. The molecule has 0 spiro atoms. The van der Waals surface area contributed by atoms with Crippen molar-refractivity contribution in [3.8, 4) is 10.6 Å². The van der Waals surface area contributed by atoms with E-state index in [9.17, 15) is 34.8 Å². The van der Waals surface area contributed by atoms with Gasteiger partial charge in [0, 0.05) is 12.4 Å². The maximum absolute atomic E-state index is 13.0. The summed E-state index contributed by atoms with van der Waals surface area (Å²) in [5.41, 5.74) is -1.40. The van der Waals surface area contributed by atoms with Crippen LogP contribution in [-0.2, 0) is 22.2 Å². The number of hydrogen-bond acceptors (Lipinski definition) is 5. The van der Waals surface area contributed by atoms with Crippen molar-refractivity contribution in [2.75, 3.05) is 5.75 Å². The van der Waals surface area contributed by atoms with Crippen molar-refractivity contribution in [2.45, 2.75) is 24.3 Å². The molecule has 3 heterocycles. The van der Waals surface area contributed by atoms with Crippen LogP contribution in [-0.4, -0.2) is 28.5 Å². The van der Waals surface area contributed by atoms with Gasteiger partial charge in [-0.1, -0.05) is 6.92 Å². The van der Waals surface area contributed by atoms with Crippen molar-refractivity contribution in [3.05, 3.63) is 35.1 Å². The molecule has 0 amide bonds. The average Bonchev–Trinajstić information content (AvgIpc) is 3.17. The third-order valence-electron chi connectivity index (χ3n) is 3.53. The first-order chi connectivity index (χ1) is 12.3. The zero-order valence-electron chi connectivity index (χ0n) is 13.3. The second-order valence-electron chi connectivity index (χ2n) is 5.36. The minimum atomic E-state index is -4.87. The molecule has 3 aromatic rings. The number of rotatable bonds is 3. The van der Waals surface area contributed by atoms with E-state index in [1.165, 1.54) is 6.92 Å². The molecule has 13 heteroatoms. The summed E-state index contributed by atoms with van der Waals surface area (Å²) in [5, 5.41) is -2.17. The lowest BCUT2D eigenvalue weighted by molar-refractivity contribution is -0.138. The highest BCUT2D eigenvalue weighted by Gasteiger charge is 2.39. The largest absolute Gasteiger partial charge is 0.443 e. The van der Waals surface area contributed by atoms with E-state index in [0.29, 0.717) is 6.07 Å². The molecule has 0 aromatic carbocycles. The van der Waals surface area contributed by atoms with E-state index in [1.807, 2.05) is 0 Å². The van der Waals surface area contributed by atoms with Crippen LogP contribution < -0.4 is 0 Å². The van der Waals surface area contributed by atoms with Crippen LogP contribution in [0.4, 0.5) is 26.3 Å². The topological polar surface area (TPSA) is 64.3 Å². The maximum atomic E-state index is 13.0. The quantitative estimate of drug-likeness (QED) is 0.583. The number of sulfone groups is 1.